The second kappa shape index (κ2) is 4.73. The number of fused-ring (bicyclic) bond motifs is 1. The number of phenolic OH excluding ortho intramolecular Hbond substituents is 1. The molecule has 1 aromatic carbocycles. The van der Waals surface area contributed by atoms with Crippen LogP contribution in [0.1, 0.15) is 24.1 Å². The molecule has 3 nitrogen and oxygen atoms in total. The topological polar surface area (TPSA) is 41.5 Å². The summed E-state index contributed by atoms with van der Waals surface area (Å²) in [6, 6.07) is 4.04. The van der Waals surface area contributed by atoms with Crippen molar-refractivity contribution < 1.29 is 9.84 Å². The Hall–Kier alpha value is -0.930. The van der Waals surface area contributed by atoms with E-state index in [2.05, 4.69) is 12.2 Å². The van der Waals surface area contributed by atoms with Gasteiger partial charge < -0.3 is 15.2 Å². The minimum Gasteiger partial charge on any atom is -0.504 e. The van der Waals surface area contributed by atoms with Gasteiger partial charge in [-0.2, -0.15) is 0 Å². The summed E-state index contributed by atoms with van der Waals surface area (Å²) in [5.41, 5.74) is 2.44. The zero-order valence-electron chi connectivity index (χ0n) is 8.91. The normalized spacial score (nSPS) is 18.9. The van der Waals surface area contributed by atoms with E-state index in [9.17, 15) is 5.11 Å². The Morgan fingerprint density at radius 1 is 1.47 bits per heavy atom. The van der Waals surface area contributed by atoms with Crippen molar-refractivity contribution in [2.24, 2.45) is 0 Å². The molecule has 84 valence electrons. The van der Waals surface area contributed by atoms with E-state index in [4.69, 9.17) is 4.74 Å². The monoisotopic (exact) mass is 229 g/mol. The van der Waals surface area contributed by atoms with E-state index in [1.54, 1.807) is 13.2 Å². The summed E-state index contributed by atoms with van der Waals surface area (Å²) in [5.74, 6) is 0.791. The lowest BCUT2D eigenvalue weighted by molar-refractivity contribution is 0.370. The molecule has 1 aliphatic heterocycles. The lowest BCUT2D eigenvalue weighted by Gasteiger charge is -2.24. The van der Waals surface area contributed by atoms with Crippen molar-refractivity contribution in [1.82, 2.24) is 5.32 Å². The first-order valence-corrected chi connectivity index (χ1v) is 4.85. The van der Waals surface area contributed by atoms with Crippen molar-refractivity contribution in [2.75, 3.05) is 13.7 Å². The van der Waals surface area contributed by atoms with Crippen molar-refractivity contribution in [3.05, 3.63) is 23.3 Å². The largest absolute Gasteiger partial charge is 0.504 e. The van der Waals surface area contributed by atoms with Gasteiger partial charge in [0.1, 0.15) is 0 Å². The van der Waals surface area contributed by atoms with Gasteiger partial charge in [0.05, 0.1) is 7.11 Å². The van der Waals surface area contributed by atoms with Crippen LogP contribution >= 0.6 is 12.4 Å². The first kappa shape index (κ1) is 12.1. The van der Waals surface area contributed by atoms with Crippen LogP contribution in [-0.2, 0) is 6.42 Å². The summed E-state index contributed by atoms with van der Waals surface area (Å²) in [6.07, 6.45) is 0.996. The Bertz CT molecular complexity index is 355. The van der Waals surface area contributed by atoms with Gasteiger partial charge in [-0.25, -0.2) is 0 Å². The number of nitrogens with one attached hydrogen (secondary N) is 1. The molecule has 1 heterocycles. The van der Waals surface area contributed by atoms with Crippen molar-refractivity contribution in [1.29, 1.82) is 0 Å². The van der Waals surface area contributed by atoms with Crippen molar-refractivity contribution in [3.63, 3.8) is 0 Å². The first-order valence-electron chi connectivity index (χ1n) is 4.85. The molecule has 0 amide bonds. The Balaban J connectivity index is 0.00000112. The molecule has 15 heavy (non-hydrogen) atoms. The third-order valence-corrected chi connectivity index (χ3v) is 2.75. The highest BCUT2D eigenvalue weighted by atomic mass is 35.5. The lowest BCUT2D eigenvalue weighted by atomic mass is 9.95. The molecule has 0 bridgehead atoms. The van der Waals surface area contributed by atoms with Crippen molar-refractivity contribution in [3.8, 4) is 11.5 Å². The van der Waals surface area contributed by atoms with E-state index in [1.165, 1.54) is 11.1 Å². The molecule has 0 saturated heterocycles. The predicted octanol–water partition coefficient (Wildman–Crippen LogP) is 2.03. The molecule has 2 rings (SSSR count). The first-order chi connectivity index (χ1) is 6.72. The highest BCUT2D eigenvalue weighted by Crippen LogP contribution is 2.33. The van der Waals surface area contributed by atoms with E-state index in [1.807, 2.05) is 6.07 Å². The third-order valence-electron chi connectivity index (χ3n) is 2.75. The zero-order valence-corrected chi connectivity index (χ0v) is 9.73. The number of phenols is 1. The minimum atomic E-state index is 0. The van der Waals surface area contributed by atoms with Gasteiger partial charge in [-0.05, 0) is 43.1 Å². The minimum absolute atomic E-state index is 0. The highest BCUT2D eigenvalue weighted by molar-refractivity contribution is 5.85. The van der Waals surface area contributed by atoms with Crippen LogP contribution in [0.3, 0.4) is 0 Å². The number of aromatic hydroxyl groups is 1. The molecule has 1 atom stereocenters. The van der Waals surface area contributed by atoms with Gasteiger partial charge >= 0.3 is 0 Å². The molecular formula is C11H16ClNO2. The molecular weight excluding hydrogens is 214 g/mol. The van der Waals surface area contributed by atoms with Crippen LogP contribution in [0.4, 0.5) is 0 Å². The maximum absolute atomic E-state index is 9.63. The van der Waals surface area contributed by atoms with Crippen LogP contribution in [0.15, 0.2) is 12.1 Å². The van der Waals surface area contributed by atoms with Crippen LogP contribution in [0.25, 0.3) is 0 Å². The SMILES string of the molecule is COc1cc2c(cc1O)[C@H](C)NCC2.Cl. The van der Waals surface area contributed by atoms with E-state index in [-0.39, 0.29) is 18.2 Å². The maximum atomic E-state index is 9.63. The van der Waals surface area contributed by atoms with Crippen LogP contribution in [0.2, 0.25) is 0 Å². The Morgan fingerprint density at radius 2 is 2.20 bits per heavy atom. The van der Waals surface area contributed by atoms with Gasteiger partial charge in [0.2, 0.25) is 0 Å². The molecule has 1 aliphatic rings. The van der Waals surface area contributed by atoms with Gasteiger partial charge in [0.15, 0.2) is 11.5 Å². The van der Waals surface area contributed by atoms with Gasteiger partial charge in [-0.15, -0.1) is 12.4 Å². The molecule has 0 saturated carbocycles. The Labute approximate surface area is 95.9 Å². The molecule has 0 fully saturated rings. The van der Waals surface area contributed by atoms with Gasteiger partial charge in [0.25, 0.3) is 0 Å². The van der Waals surface area contributed by atoms with E-state index in [0.29, 0.717) is 11.8 Å². The fourth-order valence-corrected chi connectivity index (χ4v) is 1.94. The van der Waals surface area contributed by atoms with Gasteiger partial charge in [-0.1, -0.05) is 0 Å². The third kappa shape index (κ3) is 2.19. The summed E-state index contributed by atoms with van der Waals surface area (Å²) < 4.78 is 5.08. The predicted molar refractivity (Wildman–Crippen MR) is 62.0 cm³/mol. The summed E-state index contributed by atoms with van der Waals surface area (Å²) in [7, 11) is 1.58. The number of benzene rings is 1. The number of hydrogen-bond acceptors (Lipinski definition) is 3. The number of methoxy groups -OCH3 is 1. The molecule has 1 aromatic rings. The standard InChI is InChI=1S/C11H15NO2.ClH/c1-7-9-6-10(13)11(14-2)5-8(9)3-4-12-7;/h5-7,12-13H,3-4H2,1-2H3;1H/t7-;/m0./s1. The smallest absolute Gasteiger partial charge is 0.160 e. The summed E-state index contributed by atoms with van der Waals surface area (Å²) in [5, 5.41) is 13.0. The molecule has 2 N–H and O–H groups in total. The van der Waals surface area contributed by atoms with Gasteiger partial charge in [0, 0.05) is 6.04 Å². The summed E-state index contributed by atoms with van der Waals surface area (Å²) >= 11 is 0. The summed E-state index contributed by atoms with van der Waals surface area (Å²) in [4.78, 5) is 0. The maximum Gasteiger partial charge on any atom is 0.160 e. The average molecular weight is 230 g/mol. The van der Waals surface area contributed by atoms with Crippen molar-refractivity contribution in [2.45, 2.75) is 19.4 Å². The second-order valence-electron chi connectivity index (χ2n) is 3.65. The van der Waals surface area contributed by atoms with Gasteiger partial charge in [-0.3, -0.25) is 0 Å². The average Bonchev–Trinajstić information content (AvgIpc) is 2.19. The van der Waals surface area contributed by atoms with Crippen LogP contribution in [-0.4, -0.2) is 18.8 Å². The number of hydrogen-bond donors (Lipinski definition) is 2. The van der Waals surface area contributed by atoms with Crippen molar-refractivity contribution >= 4 is 12.4 Å². The molecule has 0 spiro atoms. The molecule has 0 aromatic heterocycles. The molecule has 0 unspecified atom stereocenters. The fourth-order valence-electron chi connectivity index (χ4n) is 1.94. The number of rotatable bonds is 1. The Kier molecular flexibility index (Phi) is 3.83. The molecule has 0 radical (unpaired) electrons. The zero-order chi connectivity index (χ0) is 10.1. The van der Waals surface area contributed by atoms with Crippen LogP contribution < -0.4 is 10.1 Å². The Morgan fingerprint density at radius 3 is 2.87 bits per heavy atom. The molecule has 0 aliphatic carbocycles. The lowest BCUT2D eigenvalue weighted by Crippen LogP contribution is -2.27. The van der Waals surface area contributed by atoms with E-state index < -0.39 is 0 Å². The number of halogens is 1. The van der Waals surface area contributed by atoms with Crippen LogP contribution in [0, 0.1) is 0 Å². The van der Waals surface area contributed by atoms with Crippen LogP contribution in [0.5, 0.6) is 11.5 Å². The second-order valence-corrected chi connectivity index (χ2v) is 3.65. The quantitative estimate of drug-likeness (QED) is 0.774. The summed E-state index contributed by atoms with van der Waals surface area (Å²) in [6.45, 7) is 3.09. The van der Waals surface area contributed by atoms with E-state index in [0.717, 1.165) is 13.0 Å². The fraction of sp³-hybridized carbons (Fsp3) is 0.455. The van der Waals surface area contributed by atoms with E-state index >= 15 is 0 Å². The highest BCUT2D eigenvalue weighted by Gasteiger charge is 2.18. The number of ether oxygens (including phenoxy) is 1. The molecule has 4 heteroatoms.